The van der Waals surface area contributed by atoms with Crippen LogP contribution in [0.4, 0.5) is 5.69 Å². The number of hydrogen-bond acceptors (Lipinski definition) is 2. The van der Waals surface area contributed by atoms with Crippen LogP contribution in [-0.2, 0) is 6.54 Å². The number of hydrogen-bond donors (Lipinski definition) is 1. The first-order chi connectivity index (χ1) is 9.72. The topological polar surface area (TPSA) is 29.3 Å². The normalized spacial score (nSPS) is 19.4. The minimum Gasteiger partial charge on any atom is -0.399 e. The quantitative estimate of drug-likeness (QED) is 0.861. The second-order valence-corrected chi connectivity index (χ2v) is 5.82. The van der Waals surface area contributed by atoms with Crippen LogP contribution < -0.4 is 5.73 Å². The van der Waals surface area contributed by atoms with Crippen LogP contribution in [0.2, 0.25) is 0 Å². The summed E-state index contributed by atoms with van der Waals surface area (Å²) in [5.74, 6) is 0.651. The zero-order valence-corrected chi connectivity index (χ0v) is 12.0. The van der Waals surface area contributed by atoms with E-state index in [1.165, 1.54) is 29.7 Å². The fourth-order valence-electron chi connectivity index (χ4n) is 3.04. The van der Waals surface area contributed by atoms with Gasteiger partial charge in [0.05, 0.1) is 0 Å². The fraction of sp³-hybridized carbons (Fsp3) is 0.333. The number of anilines is 1. The Balaban J connectivity index is 1.66. The Labute approximate surface area is 121 Å². The molecule has 1 atom stereocenters. The minimum atomic E-state index is 0.651. The maximum absolute atomic E-state index is 5.91. The van der Waals surface area contributed by atoms with Crippen molar-refractivity contribution in [3.8, 4) is 0 Å². The predicted molar refractivity (Wildman–Crippen MR) is 84.7 cm³/mol. The van der Waals surface area contributed by atoms with Crippen molar-refractivity contribution in [2.45, 2.75) is 25.8 Å². The predicted octanol–water partition coefficient (Wildman–Crippen LogP) is 3.57. The van der Waals surface area contributed by atoms with E-state index in [0.29, 0.717) is 5.92 Å². The van der Waals surface area contributed by atoms with Crippen molar-refractivity contribution in [3.63, 3.8) is 0 Å². The first kappa shape index (κ1) is 13.2. The van der Waals surface area contributed by atoms with Gasteiger partial charge >= 0.3 is 0 Å². The SMILES string of the molecule is Cc1cc(C2CCN(Cc3ccccc3)C2)ccc1N. The molecule has 0 radical (unpaired) electrons. The Hall–Kier alpha value is -1.80. The summed E-state index contributed by atoms with van der Waals surface area (Å²) in [4.78, 5) is 2.55. The molecule has 2 aromatic carbocycles. The number of nitrogens with two attached hydrogens (primary N) is 1. The van der Waals surface area contributed by atoms with Gasteiger partial charge in [0.2, 0.25) is 0 Å². The summed E-state index contributed by atoms with van der Waals surface area (Å²) in [5.41, 5.74) is 10.8. The van der Waals surface area contributed by atoms with Gasteiger partial charge in [0.25, 0.3) is 0 Å². The summed E-state index contributed by atoms with van der Waals surface area (Å²) >= 11 is 0. The number of likely N-dealkylation sites (tertiary alicyclic amines) is 1. The molecule has 0 spiro atoms. The monoisotopic (exact) mass is 266 g/mol. The number of nitrogen functional groups attached to an aromatic ring is 1. The van der Waals surface area contributed by atoms with Gasteiger partial charge in [0, 0.05) is 18.8 Å². The number of benzene rings is 2. The molecule has 0 saturated carbocycles. The molecule has 3 rings (SSSR count). The Morgan fingerprint density at radius 3 is 2.70 bits per heavy atom. The molecule has 2 nitrogen and oxygen atoms in total. The summed E-state index contributed by atoms with van der Waals surface area (Å²) in [5, 5.41) is 0. The zero-order chi connectivity index (χ0) is 13.9. The van der Waals surface area contributed by atoms with Gasteiger partial charge in [-0.1, -0.05) is 42.5 Å². The number of nitrogens with zero attached hydrogens (tertiary/aromatic N) is 1. The van der Waals surface area contributed by atoms with Crippen molar-refractivity contribution in [2.75, 3.05) is 18.8 Å². The average molecular weight is 266 g/mol. The maximum Gasteiger partial charge on any atom is 0.0343 e. The third kappa shape index (κ3) is 2.86. The molecule has 2 heteroatoms. The lowest BCUT2D eigenvalue weighted by Crippen LogP contribution is -2.19. The van der Waals surface area contributed by atoms with E-state index in [0.717, 1.165) is 18.8 Å². The Morgan fingerprint density at radius 1 is 1.15 bits per heavy atom. The van der Waals surface area contributed by atoms with Crippen molar-refractivity contribution in [1.29, 1.82) is 0 Å². The summed E-state index contributed by atoms with van der Waals surface area (Å²) in [6.45, 7) is 5.49. The molecule has 2 N–H and O–H groups in total. The fourth-order valence-corrected chi connectivity index (χ4v) is 3.04. The van der Waals surface area contributed by atoms with Crippen molar-refractivity contribution in [2.24, 2.45) is 0 Å². The van der Waals surface area contributed by atoms with Gasteiger partial charge in [0.15, 0.2) is 0 Å². The number of rotatable bonds is 3. The molecule has 1 fully saturated rings. The molecule has 1 heterocycles. The molecule has 0 amide bonds. The van der Waals surface area contributed by atoms with Gasteiger partial charge in [-0.05, 0) is 48.6 Å². The van der Waals surface area contributed by atoms with Crippen molar-refractivity contribution < 1.29 is 0 Å². The van der Waals surface area contributed by atoms with Crippen LogP contribution in [0.1, 0.15) is 29.0 Å². The van der Waals surface area contributed by atoms with Crippen LogP contribution in [-0.4, -0.2) is 18.0 Å². The molecular weight excluding hydrogens is 244 g/mol. The van der Waals surface area contributed by atoms with E-state index in [1.54, 1.807) is 0 Å². The van der Waals surface area contributed by atoms with Gasteiger partial charge in [0.1, 0.15) is 0 Å². The number of aryl methyl sites for hydroxylation is 1. The highest BCUT2D eigenvalue weighted by Gasteiger charge is 2.23. The van der Waals surface area contributed by atoms with Crippen LogP contribution in [0, 0.1) is 6.92 Å². The Morgan fingerprint density at radius 2 is 1.95 bits per heavy atom. The standard InChI is InChI=1S/C18H22N2/c1-14-11-16(7-8-18(14)19)17-9-10-20(13-17)12-15-5-3-2-4-6-15/h2-8,11,17H,9-10,12-13,19H2,1H3. The highest BCUT2D eigenvalue weighted by Crippen LogP contribution is 2.29. The third-order valence-electron chi connectivity index (χ3n) is 4.29. The molecule has 1 saturated heterocycles. The smallest absolute Gasteiger partial charge is 0.0343 e. The zero-order valence-electron chi connectivity index (χ0n) is 12.0. The third-order valence-corrected chi connectivity index (χ3v) is 4.29. The van der Waals surface area contributed by atoms with Crippen LogP contribution in [0.3, 0.4) is 0 Å². The first-order valence-electron chi connectivity index (χ1n) is 7.34. The average Bonchev–Trinajstić information content (AvgIpc) is 2.91. The van der Waals surface area contributed by atoms with Crippen molar-refractivity contribution >= 4 is 5.69 Å². The van der Waals surface area contributed by atoms with E-state index in [2.05, 4.69) is 54.3 Å². The highest BCUT2D eigenvalue weighted by atomic mass is 15.1. The minimum absolute atomic E-state index is 0.651. The van der Waals surface area contributed by atoms with Gasteiger partial charge < -0.3 is 5.73 Å². The van der Waals surface area contributed by atoms with E-state index in [9.17, 15) is 0 Å². The molecule has 1 unspecified atom stereocenters. The second kappa shape index (κ2) is 5.68. The summed E-state index contributed by atoms with van der Waals surface area (Å²) in [6, 6.07) is 17.2. The van der Waals surface area contributed by atoms with E-state index in [1.807, 2.05) is 6.07 Å². The lowest BCUT2D eigenvalue weighted by atomic mass is 9.96. The molecule has 20 heavy (non-hydrogen) atoms. The summed E-state index contributed by atoms with van der Waals surface area (Å²) < 4.78 is 0. The Kier molecular flexibility index (Phi) is 3.75. The van der Waals surface area contributed by atoms with Gasteiger partial charge in [-0.15, -0.1) is 0 Å². The van der Waals surface area contributed by atoms with E-state index in [4.69, 9.17) is 5.73 Å². The van der Waals surface area contributed by atoms with Crippen LogP contribution in [0.25, 0.3) is 0 Å². The maximum atomic E-state index is 5.91. The molecular formula is C18H22N2. The van der Waals surface area contributed by atoms with Gasteiger partial charge in [-0.25, -0.2) is 0 Å². The Bertz CT molecular complexity index is 577. The summed E-state index contributed by atoms with van der Waals surface area (Å²) in [7, 11) is 0. The van der Waals surface area contributed by atoms with Crippen molar-refractivity contribution in [3.05, 3.63) is 65.2 Å². The molecule has 0 bridgehead atoms. The highest BCUT2D eigenvalue weighted by molar-refractivity contribution is 5.48. The molecule has 104 valence electrons. The molecule has 1 aliphatic rings. The van der Waals surface area contributed by atoms with Gasteiger partial charge in [-0.3, -0.25) is 4.90 Å². The van der Waals surface area contributed by atoms with Crippen LogP contribution >= 0.6 is 0 Å². The van der Waals surface area contributed by atoms with E-state index in [-0.39, 0.29) is 0 Å². The molecule has 0 aromatic heterocycles. The second-order valence-electron chi connectivity index (χ2n) is 5.82. The molecule has 0 aliphatic carbocycles. The lowest BCUT2D eigenvalue weighted by Gasteiger charge is -2.16. The van der Waals surface area contributed by atoms with Gasteiger partial charge in [-0.2, -0.15) is 0 Å². The van der Waals surface area contributed by atoms with E-state index < -0.39 is 0 Å². The molecule has 1 aliphatic heterocycles. The van der Waals surface area contributed by atoms with Crippen LogP contribution in [0.5, 0.6) is 0 Å². The largest absolute Gasteiger partial charge is 0.399 e. The van der Waals surface area contributed by atoms with Crippen molar-refractivity contribution in [1.82, 2.24) is 4.90 Å². The summed E-state index contributed by atoms with van der Waals surface area (Å²) in [6.07, 6.45) is 1.25. The van der Waals surface area contributed by atoms with Crippen LogP contribution in [0.15, 0.2) is 48.5 Å². The van der Waals surface area contributed by atoms with E-state index >= 15 is 0 Å². The first-order valence-corrected chi connectivity index (χ1v) is 7.34. The lowest BCUT2D eigenvalue weighted by molar-refractivity contribution is 0.327. The molecule has 2 aromatic rings.